The lowest BCUT2D eigenvalue weighted by Gasteiger charge is -2.25. The van der Waals surface area contributed by atoms with Crippen molar-refractivity contribution in [1.29, 1.82) is 0 Å². The molecule has 2 rings (SSSR count). The number of benzene rings is 2. The topological polar surface area (TPSA) is 26.3 Å². The molecule has 2 aromatic carbocycles. The highest BCUT2D eigenvalue weighted by Crippen LogP contribution is 2.31. The van der Waals surface area contributed by atoms with Crippen molar-refractivity contribution in [1.82, 2.24) is 0 Å². The van der Waals surface area contributed by atoms with E-state index < -0.39 is 0 Å². The molecule has 0 heterocycles. The minimum Gasteiger partial charge on any atom is -0.426 e. The van der Waals surface area contributed by atoms with Crippen molar-refractivity contribution in [3.05, 3.63) is 71.8 Å². The van der Waals surface area contributed by atoms with Crippen LogP contribution >= 0.6 is 0 Å². The molecule has 0 aliphatic rings. The Morgan fingerprint density at radius 3 is 2.30 bits per heavy atom. The minimum atomic E-state index is -0.318. The van der Waals surface area contributed by atoms with Crippen LogP contribution in [0, 0.1) is 5.41 Å². The number of carbonyl (C=O) groups excluding carboxylic acids is 1. The Morgan fingerprint density at radius 2 is 1.67 bits per heavy atom. The van der Waals surface area contributed by atoms with Crippen molar-refractivity contribution in [2.45, 2.75) is 59.8 Å². The maximum atomic E-state index is 12.7. The summed E-state index contributed by atoms with van der Waals surface area (Å²) in [5.74, 6) is 0.464. The third-order valence-electron chi connectivity index (χ3n) is 4.64. The van der Waals surface area contributed by atoms with E-state index in [9.17, 15) is 4.79 Å². The van der Waals surface area contributed by atoms with Gasteiger partial charge in [0.05, 0.1) is 6.42 Å². The first-order chi connectivity index (χ1) is 12.5. The van der Waals surface area contributed by atoms with E-state index in [4.69, 9.17) is 4.74 Å². The Kier molecular flexibility index (Phi) is 6.30. The van der Waals surface area contributed by atoms with Gasteiger partial charge in [-0.05, 0) is 41.5 Å². The van der Waals surface area contributed by atoms with Gasteiger partial charge < -0.3 is 4.74 Å². The Hall–Kier alpha value is -2.35. The molecule has 0 N–H and O–H groups in total. The van der Waals surface area contributed by atoms with Crippen LogP contribution < -0.4 is 4.74 Å². The number of rotatable bonds is 6. The minimum absolute atomic E-state index is 0.130. The molecule has 0 aromatic heterocycles. The molecule has 0 saturated heterocycles. The number of carbonyl (C=O) groups is 1. The highest BCUT2D eigenvalue weighted by Gasteiger charge is 2.26. The summed E-state index contributed by atoms with van der Waals surface area (Å²) in [6.45, 7) is 16.7. The summed E-state index contributed by atoms with van der Waals surface area (Å²) in [5.41, 5.74) is 4.12. The van der Waals surface area contributed by atoms with Crippen LogP contribution in [0.25, 0.3) is 5.57 Å². The summed E-state index contributed by atoms with van der Waals surface area (Å²) in [4.78, 5) is 12.7. The number of ether oxygens (including phenoxy) is 1. The summed E-state index contributed by atoms with van der Waals surface area (Å²) in [5, 5.41) is 0. The average Bonchev–Trinajstić information content (AvgIpc) is 2.55. The zero-order valence-corrected chi connectivity index (χ0v) is 17.6. The molecule has 27 heavy (non-hydrogen) atoms. The van der Waals surface area contributed by atoms with Gasteiger partial charge in [0.1, 0.15) is 5.75 Å². The fraction of sp³-hybridized carbons (Fsp3) is 0.400. The van der Waals surface area contributed by atoms with Gasteiger partial charge in [0.2, 0.25) is 0 Å². The first kappa shape index (κ1) is 21.0. The molecule has 0 aliphatic carbocycles. The summed E-state index contributed by atoms with van der Waals surface area (Å²) in [6.07, 6.45) is 1.18. The molecule has 0 aliphatic heterocycles. The third kappa shape index (κ3) is 6.09. The van der Waals surface area contributed by atoms with Crippen molar-refractivity contribution in [3.8, 4) is 5.75 Å². The molecule has 0 radical (unpaired) electrons. The van der Waals surface area contributed by atoms with Crippen LogP contribution in [0.3, 0.4) is 0 Å². The highest BCUT2D eigenvalue weighted by molar-refractivity contribution is 5.74. The van der Waals surface area contributed by atoms with Gasteiger partial charge in [-0.1, -0.05) is 89.2 Å². The van der Waals surface area contributed by atoms with Crippen LogP contribution in [0.15, 0.2) is 55.1 Å². The van der Waals surface area contributed by atoms with E-state index in [1.165, 1.54) is 0 Å². The molecule has 2 aromatic rings. The fourth-order valence-electron chi connectivity index (χ4n) is 3.15. The maximum absolute atomic E-state index is 12.7. The molecule has 2 heteroatoms. The molecule has 0 bridgehead atoms. The Bertz CT molecular complexity index is 822. The van der Waals surface area contributed by atoms with Gasteiger partial charge in [0.25, 0.3) is 0 Å². The SMILES string of the molecule is C=C(C)c1cccc(C(C)(C)CC(=O)Oc2ccccc2CC(C)(C)C)c1. The van der Waals surface area contributed by atoms with E-state index in [1.807, 2.05) is 43.3 Å². The molecule has 0 saturated carbocycles. The second kappa shape index (κ2) is 8.12. The van der Waals surface area contributed by atoms with Gasteiger partial charge in [-0.3, -0.25) is 4.79 Å². The normalized spacial score (nSPS) is 11.9. The molecule has 2 nitrogen and oxygen atoms in total. The van der Waals surface area contributed by atoms with E-state index in [0.29, 0.717) is 12.2 Å². The zero-order chi connectivity index (χ0) is 20.2. The smallest absolute Gasteiger partial charge is 0.312 e. The highest BCUT2D eigenvalue weighted by atomic mass is 16.5. The van der Waals surface area contributed by atoms with Gasteiger partial charge in [-0.15, -0.1) is 0 Å². The molecule has 0 amide bonds. The number of para-hydroxylation sites is 1. The van der Waals surface area contributed by atoms with Crippen LogP contribution in [0.4, 0.5) is 0 Å². The third-order valence-corrected chi connectivity index (χ3v) is 4.64. The number of hydrogen-bond donors (Lipinski definition) is 0. The Labute approximate surface area is 164 Å². The number of esters is 1. The molecule has 0 atom stereocenters. The standard InChI is InChI=1S/C25H32O2/c1-18(2)19-12-10-13-21(15-19)25(6,7)17-23(26)27-22-14-9-8-11-20(22)16-24(3,4)5/h8-15H,1,16-17H2,2-7H3. The number of allylic oxidation sites excluding steroid dienone is 1. The van der Waals surface area contributed by atoms with Gasteiger partial charge >= 0.3 is 5.97 Å². The van der Waals surface area contributed by atoms with E-state index in [2.05, 4.69) is 53.3 Å². The molecular formula is C25H32O2. The second-order valence-corrected chi connectivity index (χ2v) is 9.24. The van der Waals surface area contributed by atoms with Crippen LogP contribution in [-0.4, -0.2) is 5.97 Å². The average molecular weight is 365 g/mol. The molecule has 0 spiro atoms. The predicted octanol–water partition coefficient (Wildman–Crippen LogP) is 6.58. The molecular weight excluding hydrogens is 332 g/mol. The predicted molar refractivity (Wildman–Crippen MR) is 114 cm³/mol. The van der Waals surface area contributed by atoms with E-state index in [0.717, 1.165) is 28.7 Å². The largest absolute Gasteiger partial charge is 0.426 e. The van der Waals surface area contributed by atoms with Crippen LogP contribution in [-0.2, 0) is 16.6 Å². The molecule has 144 valence electrons. The molecule has 0 unspecified atom stereocenters. The van der Waals surface area contributed by atoms with Crippen molar-refractivity contribution < 1.29 is 9.53 Å². The van der Waals surface area contributed by atoms with Crippen LogP contribution in [0.2, 0.25) is 0 Å². The summed E-state index contributed by atoms with van der Waals surface area (Å²) in [6, 6.07) is 16.1. The van der Waals surface area contributed by atoms with E-state index in [1.54, 1.807) is 0 Å². The van der Waals surface area contributed by atoms with Crippen molar-refractivity contribution in [2.75, 3.05) is 0 Å². The van der Waals surface area contributed by atoms with E-state index >= 15 is 0 Å². The lowest BCUT2D eigenvalue weighted by Crippen LogP contribution is -2.25. The number of hydrogen-bond acceptors (Lipinski definition) is 2. The van der Waals surface area contributed by atoms with Gasteiger partial charge in [0.15, 0.2) is 0 Å². The van der Waals surface area contributed by atoms with Gasteiger partial charge in [-0.2, -0.15) is 0 Å². The second-order valence-electron chi connectivity index (χ2n) is 9.24. The van der Waals surface area contributed by atoms with Crippen molar-refractivity contribution >= 4 is 11.5 Å². The summed E-state index contributed by atoms with van der Waals surface area (Å²) in [7, 11) is 0. The summed E-state index contributed by atoms with van der Waals surface area (Å²) < 4.78 is 5.77. The van der Waals surface area contributed by atoms with Crippen LogP contribution in [0.1, 0.15) is 64.7 Å². The van der Waals surface area contributed by atoms with Gasteiger partial charge in [0, 0.05) is 5.41 Å². The monoisotopic (exact) mass is 364 g/mol. The maximum Gasteiger partial charge on any atom is 0.312 e. The first-order valence-electron chi connectivity index (χ1n) is 9.53. The van der Waals surface area contributed by atoms with Crippen LogP contribution in [0.5, 0.6) is 5.75 Å². The Morgan fingerprint density at radius 1 is 1.00 bits per heavy atom. The summed E-state index contributed by atoms with van der Waals surface area (Å²) >= 11 is 0. The molecule has 0 fully saturated rings. The van der Waals surface area contributed by atoms with Crippen molar-refractivity contribution in [2.24, 2.45) is 5.41 Å². The Balaban J connectivity index is 2.16. The lowest BCUT2D eigenvalue weighted by molar-refractivity contribution is -0.135. The van der Waals surface area contributed by atoms with Crippen molar-refractivity contribution in [3.63, 3.8) is 0 Å². The quantitative estimate of drug-likeness (QED) is 0.427. The van der Waals surface area contributed by atoms with Gasteiger partial charge in [-0.25, -0.2) is 0 Å². The van der Waals surface area contributed by atoms with E-state index in [-0.39, 0.29) is 16.8 Å². The lowest BCUT2D eigenvalue weighted by atomic mass is 9.80. The fourth-order valence-corrected chi connectivity index (χ4v) is 3.15. The zero-order valence-electron chi connectivity index (χ0n) is 17.6. The first-order valence-corrected chi connectivity index (χ1v) is 9.53.